The normalized spacial score (nSPS) is 14.6. The zero-order valence-electron chi connectivity index (χ0n) is 10.6. The van der Waals surface area contributed by atoms with E-state index in [2.05, 4.69) is 15.9 Å². The maximum atomic E-state index is 13.1. The average molecular weight is 338 g/mol. The zero-order valence-corrected chi connectivity index (χ0v) is 13.0. The molecule has 0 amide bonds. The smallest absolute Gasteiger partial charge is 0.154 e. The van der Waals surface area contributed by atoms with Crippen LogP contribution in [0.2, 0.25) is 0 Å². The molecular formula is C12H17BrFNO2S. The van der Waals surface area contributed by atoms with Crippen molar-refractivity contribution in [1.29, 1.82) is 0 Å². The first-order valence-electron chi connectivity index (χ1n) is 5.45. The van der Waals surface area contributed by atoms with E-state index in [1.807, 2.05) is 0 Å². The van der Waals surface area contributed by atoms with Gasteiger partial charge in [0.2, 0.25) is 0 Å². The second-order valence-corrected chi connectivity index (χ2v) is 8.39. The fourth-order valence-electron chi connectivity index (χ4n) is 1.44. The first-order valence-corrected chi connectivity index (χ1v) is 8.13. The van der Waals surface area contributed by atoms with Crippen molar-refractivity contribution in [2.75, 3.05) is 6.26 Å². The molecule has 0 aliphatic carbocycles. The van der Waals surface area contributed by atoms with Crippen molar-refractivity contribution in [3.8, 4) is 0 Å². The summed E-state index contributed by atoms with van der Waals surface area (Å²) < 4.78 is 35.7. The second kappa shape index (κ2) is 5.27. The molecule has 2 N–H and O–H groups in total. The summed E-state index contributed by atoms with van der Waals surface area (Å²) in [4.78, 5) is 0. The van der Waals surface area contributed by atoms with Gasteiger partial charge >= 0.3 is 0 Å². The Morgan fingerprint density at radius 2 is 2.00 bits per heavy atom. The van der Waals surface area contributed by atoms with Gasteiger partial charge in [0.1, 0.15) is 5.82 Å². The van der Waals surface area contributed by atoms with Crippen LogP contribution in [0.1, 0.15) is 19.4 Å². The van der Waals surface area contributed by atoms with Crippen LogP contribution in [0.25, 0.3) is 0 Å². The van der Waals surface area contributed by atoms with Gasteiger partial charge in [0.25, 0.3) is 0 Å². The van der Waals surface area contributed by atoms with Crippen molar-refractivity contribution in [2.45, 2.75) is 31.1 Å². The van der Waals surface area contributed by atoms with Crippen LogP contribution in [0.3, 0.4) is 0 Å². The molecular weight excluding hydrogens is 321 g/mol. The SMILES string of the molecule is CC(C)(C(N)Cc1ccc(F)c(Br)c1)S(C)(=O)=O. The van der Waals surface area contributed by atoms with Crippen LogP contribution in [0.4, 0.5) is 4.39 Å². The molecule has 0 spiro atoms. The highest BCUT2D eigenvalue weighted by molar-refractivity contribution is 9.10. The van der Waals surface area contributed by atoms with Crippen LogP contribution in [-0.2, 0) is 16.3 Å². The molecule has 0 aliphatic rings. The second-order valence-electron chi connectivity index (χ2n) is 4.93. The number of hydrogen-bond donors (Lipinski definition) is 1. The van der Waals surface area contributed by atoms with E-state index in [9.17, 15) is 12.8 Å². The van der Waals surface area contributed by atoms with Crippen molar-refractivity contribution in [1.82, 2.24) is 0 Å². The van der Waals surface area contributed by atoms with Crippen molar-refractivity contribution >= 4 is 25.8 Å². The lowest BCUT2D eigenvalue weighted by Crippen LogP contribution is -2.49. The number of benzene rings is 1. The molecule has 1 unspecified atom stereocenters. The first kappa shape index (κ1) is 15.6. The van der Waals surface area contributed by atoms with E-state index in [4.69, 9.17) is 5.73 Å². The summed E-state index contributed by atoms with van der Waals surface area (Å²) in [6.07, 6.45) is 1.55. The summed E-state index contributed by atoms with van der Waals surface area (Å²) in [5.41, 5.74) is 6.77. The summed E-state index contributed by atoms with van der Waals surface area (Å²) in [6, 6.07) is 4.01. The highest BCUT2D eigenvalue weighted by atomic mass is 79.9. The van der Waals surface area contributed by atoms with E-state index in [0.29, 0.717) is 10.9 Å². The van der Waals surface area contributed by atoms with E-state index in [0.717, 1.165) is 5.56 Å². The maximum absolute atomic E-state index is 13.1. The molecule has 0 aromatic heterocycles. The minimum absolute atomic E-state index is 0.351. The monoisotopic (exact) mass is 337 g/mol. The fourth-order valence-corrected chi connectivity index (χ4v) is 2.50. The van der Waals surface area contributed by atoms with Gasteiger partial charge < -0.3 is 5.73 Å². The highest BCUT2D eigenvalue weighted by Gasteiger charge is 2.36. The van der Waals surface area contributed by atoms with Gasteiger partial charge in [0.15, 0.2) is 9.84 Å². The molecule has 1 aromatic carbocycles. The summed E-state index contributed by atoms with van der Waals surface area (Å²) >= 11 is 3.09. The van der Waals surface area contributed by atoms with Crippen molar-refractivity contribution in [3.63, 3.8) is 0 Å². The third-order valence-corrected chi connectivity index (χ3v) is 6.11. The zero-order chi connectivity index (χ0) is 14.1. The molecule has 0 radical (unpaired) electrons. The van der Waals surface area contributed by atoms with Gasteiger partial charge in [-0.05, 0) is 53.9 Å². The molecule has 6 heteroatoms. The Morgan fingerprint density at radius 3 is 2.44 bits per heavy atom. The van der Waals surface area contributed by atoms with Crippen LogP contribution in [-0.4, -0.2) is 25.5 Å². The molecule has 1 aromatic rings. The molecule has 1 rings (SSSR count). The van der Waals surface area contributed by atoms with Crippen LogP contribution >= 0.6 is 15.9 Å². The Balaban J connectivity index is 2.94. The van der Waals surface area contributed by atoms with Gasteiger partial charge in [-0.3, -0.25) is 0 Å². The molecule has 0 aliphatic heterocycles. The van der Waals surface area contributed by atoms with Crippen molar-refractivity contribution < 1.29 is 12.8 Å². The van der Waals surface area contributed by atoms with Crippen LogP contribution < -0.4 is 5.73 Å². The van der Waals surface area contributed by atoms with Crippen LogP contribution in [0.5, 0.6) is 0 Å². The quantitative estimate of drug-likeness (QED) is 0.916. The van der Waals surface area contributed by atoms with E-state index < -0.39 is 20.6 Å². The lowest BCUT2D eigenvalue weighted by molar-refractivity contribution is 0.481. The molecule has 3 nitrogen and oxygen atoms in total. The molecule has 0 heterocycles. The molecule has 102 valence electrons. The summed E-state index contributed by atoms with van der Waals surface area (Å²) in [6.45, 7) is 3.21. The van der Waals surface area contributed by atoms with E-state index in [1.54, 1.807) is 26.0 Å². The predicted octanol–water partition coefficient (Wildman–Crippen LogP) is 2.28. The molecule has 0 fully saturated rings. The van der Waals surface area contributed by atoms with E-state index >= 15 is 0 Å². The Hall–Kier alpha value is -0.460. The number of halogens is 2. The molecule has 0 bridgehead atoms. The van der Waals surface area contributed by atoms with Gasteiger partial charge in [0, 0.05) is 12.3 Å². The number of hydrogen-bond acceptors (Lipinski definition) is 3. The van der Waals surface area contributed by atoms with Crippen molar-refractivity contribution in [3.05, 3.63) is 34.1 Å². The van der Waals surface area contributed by atoms with Gasteiger partial charge in [-0.1, -0.05) is 6.07 Å². The summed E-state index contributed by atoms with van der Waals surface area (Å²) in [7, 11) is -3.25. The molecule has 0 saturated heterocycles. The molecule has 18 heavy (non-hydrogen) atoms. The Morgan fingerprint density at radius 1 is 1.44 bits per heavy atom. The molecule has 1 atom stereocenters. The van der Waals surface area contributed by atoms with Gasteiger partial charge in [-0.15, -0.1) is 0 Å². The third-order valence-electron chi connectivity index (χ3n) is 3.29. The first-order chi connectivity index (χ1) is 8.05. The van der Waals surface area contributed by atoms with E-state index in [1.165, 1.54) is 12.3 Å². The van der Waals surface area contributed by atoms with Crippen molar-refractivity contribution in [2.24, 2.45) is 5.73 Å². The minimum Gasteiger partial charge on any atom is -0.326 e. The van der Waals surface area contributed by atoms with Gasteiger partial charge in [0.05, 0.1) is 9.22 Å². The summed E-state index contributed by atoms with van der Waals surface area (Å²) in [5.74, 6) is -0.352. The largest absolute Gasteiger partial charge is 0.326 e. The van der Waals surface area contributed by atoms with Crippen LogP contribution in [0.15, 0.2) is 22.7 Å². The fraction of sp³-hybridized carbons (Fsp3) is 0.500. The predicted molar refractivity (Wildman–Crippen MR) is 74.7 cm³/mol. The van der Waals surface area contributed by atoms with Gasteiger partial charge in [-0.2, -0.15) is 0 Å². The van der Waals surface area contributed by atoms with E-state index in [-0.39, 0.29) is 5.82 Å². The lowest BCUT2D eigenvalue weighted by Gasteiger charge is -2.29. The Bertz CT molecular complexity index is 543. The summed E-state index contributed by atoms with van der Waals surface area (Å²) in [5, 5.41) is 0. The number of sulfone groups is 1. The minimum atomic E-state index is -3.25. The standard InChI is InChI=1S/C12H17BrFNO2S/c1-12(2,18(3,16)17)11(15)7-8-4-5-10(14)9(13)6-8/h4-6,11H,7,15H2,1-3H3. The topological polar surface area (TPSA) is 60.2 Å². The molecule has 0 saturated carbocycles. The lowest BCUT2D eigenvalue weighted by atomic mass is 9.96. The van der Waals surface area contributed by atoms with Crippen LogP contribution in [0, 0.1) is 5.82 Å². The highest BCUT2D eigenvalue weighted by Crippen LogP contribution is 2.23. The average Bonchev–Trinajstić information content (AvgIpc) is 2.21. The third kappa shape index (κ3) is 3.30. The number of rotatable bonds is 4. The number of nitrogens with two attached hydrogens (primary N) is 1. The van der Waals surface area contributed by atoms with Gasteiger partial charge in [-0.25, -0.2) is 12.8 Å². The Kier molecular flexibility index (Phi) is 4.56. The Labute approximate surface area is 116 Å². The maximum Gasteiger partial charge on any atom is 0.154 e.